The fraction of sp³-hybridized carbons (Fsp3) is 0.520. The molecule has 1 fully saturated rings. The first kappa shape index (κ1) is 24.0. The Balaban J connectivity index is 1.77. The third-order valence-electron chi connectivity index (χ3n) is 6.51. The predicted octanol–water partition coefficient (Wildman–Crippen LogP) is 4.84. The van der Waals surface area contributed by atoms with E-state index in [-0.39, 0.29) is 7.66 Å². The second kappa shape index (κ2) is 10.4. The first-order valence-electron chi connectivity index (χ1n) is 11.6. The number of rotatable bonds is 7. The van der Waals surface area contributed by atoms with Gasteiger partial charge in [0.25, 0.3) is 0 Å². The van der Waals surface area contributed by atoms with Gasteiger partial charge in [-0.3, -0.25) is 4.90 Å². The highest BCUT2D eigenvalue weighted by atomic mass is 127. The molecule has 1 atom stereocenters. The first-order chi connectivity index (χ1) is 15.5. The average molecular weight is 567 g/mol. The molecule has 5 nitrogen and oxygen atoms in total. The summed E-state index contributed by atoms with van der Waals surface area (Å²) < 4.78 is 6.66. The molecule has 1 saturated heterocycles. The molecule has 0 amide bonds. The van der Waals surface area contributed by atoms with Crippen molar-refractivity contribution in [3.63, 3.8) is 0 Å². The third-order valence-corrected chi connectivity index (χ3v) is 10.8. The molecule has 0 saturated carbocycles. The van der Waals surface area contributed by atoms with Gasteiger partial charge in [-0.25, -0.2) is 4.99 Å². The Bertz CT molecular complexity index is 1110. The van der Waals surface area contributed by atoms with Gasteiger partial charge < -0.3 is 14.5 Å². The molecule has 32 heavy (non-hydrogen) atoms. The summed E-state index contributed by atoms with van der Waals surface area (Å²) in [4.78, 5) is 13.9. The van der Waals surface area contributed by atoms with Gasteiger partial charge in [0.05, 0.1) is 17.7 Å². The Hall–Kier alpha value is -1.16. The molecule has 174 valence electrons. The van der Waals surface area contributed by atoms with Crippen LogP contribution in [0.3, 0.4) is 0 Å². The molecule has 0 radical (unpaired) electrons. The zero-order valence-electron chi connectivity index (χ0n) is 19.9. The lowest BCUT2D eigenvalue weighted by Gasteiger charge is -2.36. The van der Waals surface area contributed by atoms with Crippen molar-refractivity contribution in [3.05, 3.63) is 45.3 Å². The molecule has 2 aromatic carbocycles. The van der Waals surface area contributed by atoms with Crippen molar-refractivity contribution in [3.8, 4) is 0 Å². The summed E-state index contributed by atoms with van der Waals surface area (Å²) in [6, 6.07) is 9.48. The number of hydrogen-bond acceptors (Lipinski definition) is 5. The average Bonchev–Trinajstić information content (AvgIpc) is 2.82. The maximum absolute atomic E-state index is 5.28. The maximum atomic E-state index is 5.28. The fourth-order valence-corrected chi connectivity index (χ4v) is 7.88. The quantitative estimate of drug-likeness (QED) is 0.355. The van der Waals surface area contributed by atoms with E-state index in [1.54, 1.807) is 7.11 Å². The number of benzene rings is 2. The molecule has 0 spiro atoms. The highest BCUT2D eigenvalue weighted by Crippen LogP contribution is 2.48. The summed E-state index contributed by atoms with van der Waals surface area (Å²) in [5, 5.41) is 1.22. The molecule has 0 aromatic heterocycles. The molecule has 0 bridgehead atoms. The molecule has 2 aromatic rings. The topological polar surface area (TPSA) is 31.3 Å². The monoisotopic (exact) mass is 566 g/mol. The van der Waals surface area contributed by atoms with Crippen molar-refractivity contribution in [1.29, 1.82) is 0 Å². The number of nitrogens with zero attached hydrogens (tertiary/aromatic N) is 4. The van der Waals surface area contributed by atoms with Gasteiger partial charge in [-0.1, -0.05) is 21.5 Å². The molecule has 0 N–H and O–H groups in total. The Kier molecular flexibility index (Phi) is 7.80. The van der Waals surface area contributed by atoms with Gasteiger partial charge in [0.1, 0.15) is 0 Å². The van der Waals surface area contributed by atoms with E-state index in [2.05, 4.69) is 88.1 Å². The molecule has 1 unspecified atom stereocenters. The molecular weight excluding hydrogens is 531 g/mol. The minimum absolute atomic E-state index is 0.0207. The smallest absolute Gasteiger partial charge is 0.0809 e. The van der Waals surface area contributed by atoms with Crippen molar-refractivity contribution in [1.82, 2.24) is 4.90 Å². The van der Waals surface area contributed by atoms with Crippen molar-refractivity contribution in [2.75, 3.05) is 70.3 Å². The summed E-state index contributed by atoms with van der Waals surface area (Å²) in [7, 11) is 6.01. The van der Waals surface area contributed by atoms with Crippen LogP contribution >= 0.6 is 28.9 Å². The molecule has 2 aliphatic rings. The van der Waals surface area contributed by atoms with Crippen molar-refractivity contribution in [2.24, 2.45) is 4.99 Å². The number of hydrogen-bond donors (Lipinski definition) is 0. The minimum atomic E-state index is -0.0207. The van der Waals surface area contributed by atoms with Crippen LogP contribution in [0.2, 0.25) is 0 Å². The van der Waals surface area contributed by atoms with Crippen molar-refractivity contribution < 1.29 is 4.74 Å². The lowest BCUT2D eigenvalue weighted by Crippen LogP contribution is -2.47. The normalized spacial score (nSPS) is 18.2. The van der Waals surface area contributed by atoms with Crippen LogP contribution in [-0.2, 0) is 17.6 Å². The lowest BCUT2D eigenvalue weighted by molar-refractivity contribution is 0.144. The summed E-state index contributed by atoms with van der Waals surface area (Å²) in [6.07, 6.45) is 2.01. The van der Waals surface area contributed by atoms with Crippen LogP contribution < -0.4 is 15.2 Å². The van der Waals surface area contributed by atoms with Crippen molar-refractivity contribution >= 4 is 45.9 Å². The van der Waals surface area contributed by atoms with Gasteiger partial charge in [-0.15, -0.1) is 0 Å². The number of aryl methyl sites for hydroxylation is 2. The lowest BCUT2D eigenvalue weighted by atomic mass is 10.1. The Morgan fingerprint density at radius 1 is 1.03 bits per heavy atom. The van der Waals surface area contributed by atoms with Crippen LogP contribution in [0.15, 0.2) is 34.2 Å². The minimum Gasteiger partial charge on any atom is -0.383 e. The number of anilines is 2. The number of halogens is 1. The Morgan fingerprint density at radius 2 is 1.75 bits per heavy atom. The van der Waals surface area contributed by atoms with E-state index in [0.29, 0.717) is 0 Å². The Morgan fingerprint density at radius 3 is 2.38 bits per heavy atom. The van der Waals surface area contributed by atoms with E-state index in [1.807, 2.05) is 0 Å². The zero-order valence-corrected chi connectivity index (χ0v) is 22.9. The highest BCUT2D eigenvalue weighted by Gasteiger charge is 2.21. The van der Waals surface area contributed by atoms with Gasteiger partial charge in [0.2, 0.25) is 0 Å². The summed E-state index contributed by atoms with van der Waals surface area (Å²) in [5.74, 6) is 0. The van der Waals surface area contributed by atoms with Crippen LogP contribution in [0.1, 0.15) is 25.0 Å². The second-order valence-electron chi connectivity index (χ2n) is 8.69. The molecule has 2 heterocycles. The van der Waals surface area contributed by atoms with Crippen molar-refractivity contribution in [2.45, 2.75) is 31.6 Å². The number of ether oxygens (including phenoxy) is 1. The van der Waals surface area contributed by atoms with E-state index in [9.17, 15) is 0 Å². The van der Waals surface area contributed by atoms with E-state index in [4.69, 9.17) is 9.73 Å². The number of methoxy groups -OCH3 is 1. The van der Waals surface area contributed by atoms with E-state index in [0.717, 1.165) is 52.2 Å². The van der Waals surface area contributed by atoms with E-state index < -0.39 is 0 Å². The van der Waals surface area contributed by atoms with E-state index >= 15 is 0 Å². The number of fused-ring (bicyclic) bond motifs is 2. The molecular formula is C25H35IN4OS. The van der Waals surface area contributed by atoms with Gasteiger partial charge in [-0.2, -0.15) is 0 Å². The summed E-state index contributed by atoms with van der Waals surface area (Å²) in [6.45, 7) is 10.7. The molecule has 4 rings (SSSR count). The zero-order chi connectivity index (χ0) is 22.8. The SMILES string of the molecule is CCc1cc(N(C)C)cc2c1N=c1c(CC)cc(N3CCN(CCOC)CC3)cc1=S2I. The summed E-state index contributed by atoms with van der Waals surface area (Å²) >= 11 is 2.66. The second-order valence-corrected chi connectivity index (χ2v) is 12.7. The maximum Gasteiger partial charge on any atom is 0.0809 e. The van der Waals surface area contributed by atoms with Gasteiger partial charge in [0.15, 0.2) is 0 Å². The third kappa shape index (κ3) is 4.72. The van der Waals surface area contributed by atoms with Crippen LogP contribution in [0.4, 0.5) is 17.1 Å². The predicted molar refractivity (Wildman–Crippen MR) is 146 cm³/mol. The largest absolute Gasteiger partial charge is 0.383 e. The van der Waals surface area contributed by atoms with Crippen LogP contribution in [0, 0.1) is 4.51 Å². The molecule has 7 heteroatoms. The van der Waals surface area contributed by atoms with Gasteiger partial charge in [0, 0.05) is 74.7 Å². The van der Waals surface area contributed by atoms with Gasteiger partial charge >= 0.3 is 0 Å². The highest BCUT2D eigenvalue weighted by molar-refractivity contribution is 14.2. The standard InChI is InChI=1S/C25H35IN4OS/c1-6-18-14-20(28(3)4)16-22-24(18)27-25-19(7-2)15-21(17-23(25)32(22)26)30-10-8-29(9-11-30)12-13-31-5/h14-17H,6-13H2,1-5H3. The first-order valence-corrected chi connectivity index (χ1v) is 15.3. The summed E-state index contributed by atoms with van der Waals surface area (Å²) in [5.41, 5.74) is 6.56. The fourth-order valence-electron chi connectivity index (χ4n) is 4.49. The number of piperazine rings is 1. The van der Waals surface area contributed by atoms with Crippen LogP contribution in [-0.4, -0.2) is 65.4 Å². The molecule has 0 aliphatic carbocycles. The van der Waals surface area contributed by atoms with Crippen LogP contribution in [0.25, 0.3) is 0 Å². The molecule has 2 aliphatic heterocycles. The van der Waals surface area contributed by atoms with Crippen LogP contribution in [0.5, 0.6) is 0 Å². The van der Waals surface area contributed by atoms with Gasteiger partial charge in [-0.05, 0) is 69.4 Å². The Labute approximate surface area is 207 Å². The van der Waals surface area contributed by atoms with E-state index in [1.165, 1.54) is 43.0 Å².